The first kappa shape index (κ1) is 31.0. The van der Waals surface area contributed by atoms with Gasteiger partial charge >= 0.3 is 11.9 Å². The van der Waals surface area contributed by atoms with Crippen molar-refractivity contribution < 1.29 is 33.3 Å². The van der Waals surface area contributed by atoms with Crippen molar-refractivity contribution in [2.45, 2.75) is 72.5 Å². The minimum Gasteiger partial charge on any atom is -0.465 e. The lowest BCUT2D eigenvalue weighted by molar-refractivity contribution is -0.138. The number of aldehydes is 1. The van der Waals surface area contributed by atoms with Crippen LogP contribution in [0.1, 0.15) is 107 Å². The van der Waals surface area contributed by atoms with Crippen molar-refractivity contribution in [2.24, 2.45) is 0 Å². The van der Waals surface area contributed by atoms with Crippen LogP contribution in [0.2, 0.25) is 0 Å². The van der Waals surface area contributed by atoms with Crippen LogP contribution in [-0.2, 0) is 29.8 Å². The molecule has 0 fully saturated rings. The number of rotatable bonds is 8. The Balaban J connectivity index is 0.000000365. The number of ether oxygens (including phenoxy) is 4. The second kappa shape index (κ2) is 13.3. The highest BCUT2D eigenvalue weighted by atomic mass is 32.1. The number of carbonyl (C=O) groups excluding carboxylic acids is 3. The second-order valence-corrected chi connectivity index (χ2v) is 11.8. The van der Waals surface area contributed by atoms with Gasteiger partial charge in [-0.15, -0.1) is 22.7 Å². The van der Waals surface area contributed by atoms with Crippen molar-refractivity contribution in [3.05, 3.63) is 42.8 Å². The second-order valence-electron chi connectivity index (χ2n) is 9.63. The average Bonchev–Trinajstić information content (AvgIpc) is 3.43. The van der Waals surface area contributed by atoms with E-state index in [1.807, 2.05) is 40.7 Å². The third kappa shape index (κ3) is 8.52. The fourth-order valence-electron chi connectivity index (χ4n) is 3.11. The Hall–Kier alpha value is -2.07. The molecular formula is C26H38O7S2. The van der Waals surface area contributed by atoms with Crippen molar-refractivity contribution in [3.63, 3.8) is 0 Å². The third-order valence-electron chi connectivity index (χ3n) is 4.84. The van der Waals surface area contributed by atoms with Gasteiger partial charge in [0.25, 0.3) is 0 Å². The molecule has 0 aliphatic rings. The molecule has 0 unspecified atom stereocenters. The lowest BCUT2D eigenvalue weighted by atomic mass is 9.87. The minimum atomic E-state index is -0.422. The Morgan fingerprint density at radius 2 is 1.26 bits per heavy atom. The summed E-state index contributed by atoms with van der Waals surface area (Å²) in [4.78, 5) is 36.7. The highest BCUT2D eigenvalue weighted by molar-refractivity contribution is 7.15. The van der Waals surface area contributed by atoms with E-state index in [0.717, 1.165) is 22.3 Å². The van der Waals surface area contributed by atoms with Crippen LogP contribution in [0, 0.1) is 0 Å². The van der Waals surface area contributed by atoms with Crippen LogP contribution in [0.15, 0.2) is 12.1 Å². The maximum absolute atomic E-state index is 11.9. The van der Waals surface area contributed by atoms with Crippen LogP contribution in [0.3, 0.4) is 0 Å². The Morgan fingerprint density at radius 3 is 1.63 bits per heavy atom. The van der Waals surface area contributed by atoms with Crippen molar-refractivity contribution in [2.75, 3.05) is 27.4 Å². The quantitative estimate of drug-likeness (QED) is 0.219. The SMILES string of the molecule is CCOC(OCC)c1cc(C(C)(C)C)c(C(=O)OC)s1.COC(=O)c1sc(C=O)cc1C(C)(C)C. The van der Waals surface area contributed by atoms with Crippen molar-refractivity contribution in [3.8, 4) is 0 Å². The van der Waals surface area contributed by atoms with E-state index >= 15 is 0 Å². The number of carbonyl (C=O) groups is 3. The Labute approximate surface area is 216 Å². The molecule has 0 aliphatic carbocycles. The summed E-state index contributed by atoms with van der Waals surface area (Å²) >= 11 is 2.56. The van der Waals surface area contributed by atoms with E-state index in [-0.39, 0.29) is 22.8 Å². The normalized spacial score (nSPS) is 11.6. The lowest BCUT2D eigenvalue weighted by Gasteiger charge is -2.18. The van der Waals surface area contributed by atoms with E-state index in [0.29, 0.717) is 27.8 Å². The molecule has 2 aromatic rings. The van der Waals surface area contributed by atoms with Gasteiger partial charge in [0.05, 0.1) is 24.0 Å². The molecule has 2 rings (SSSR count). The largest absolute Gasteiger partial charge is 0.465 e. The van der Waals surface area contributed by atoms with Gasteiger partial charge in [0.1, 0.15) is 9.75 Å². The van der Waals surface area contributed by atoms with E-state index < -0.39 is 6.29 Å². The van der Waals surface area contributed by atoms with Crippen LogP contribution in [0.4, 0.5) is 0 Å². The third-order valence-corrected chi connectivity index (χ3v) is 7.02. The van der Waals surface area contributed by atoms with E-state index in [2.05, 4.69) is 25.5 Å². The van der Waals surface area contributed by atoms with Gasteiger partial charge in [-0.25, -0.2) is 9.59 Å². The topological polar surface area (TPSA) is 88.1 Å². The van der Waals surface area contributed by atoms with Gasteiger partial charge in [-0.05, 0) is 47.9 Å². The molecule has 0 spiro atoms. The van der Waals surface area contributed by atoms with Crippen LogP contribution in [0.5, 0.6) is 0 Å². The van der Waals surface area contributed by atoms with Crippen LogP contribution in [0.25, 0.3) is 0 Å². The van der Waals surface area contributed by atoms with Gasteiger partial charge in [-0.3, -0.25) is 4.79 Å². The zero-order valence-corrected chi connectivity index (χ0v) is 24.0. The highest BCUT2D eigenvalue weighted by Crippen LogP contribution is 2.37. The molecule has 196 valence electrons. The van der Waals surface area contributed by atoms with Gasteiger partial charge in [0.2, 0.25) is 0 Å². The molecule has 0 bridgehead atoms. The summed E-state index contributed by atoms with van der Waals surface area (Å²) < 4.78 is 20.8. The molecule has 0 amide bonds. The molecule has 0 saturated heterocycles. The number of hydrogen-bond donors (Lipinski definition) is 0. The standard InChI is InChI=1S/C15H24O4S.C11H14O3S/c1-7-18-14(19-8-2)11-9-10(15(3,4)5)12(20-11)13(16)17-6;1-11(2,3)8-5-7(6-12)15-9(8)10(13)14-4/h9,14H,7-8H2,1-6H3;5-6H,1-4H3. The molecule has 0 N–H and O–H groups in total. The molecular weight excluding hydrogens is 488 g/mol. The first-order valence-corrected chi connectivity index (χ1v) is 13.0. The molecule has 2 heterocycles. The van der Waals surface area contributed by atoms with Gasteiger partial charge in [0.15, 0.2) is 12.6 Å². The monoisotopic (exact) mass is 526 g/mol. The summed E-state index contributed by atoms with van der Waals surface area (Å²) in [6.07, 6.45) is 0.335. The van der Waals surface area contributed by atoms with E-state index in [1.54, 1.807) is 6.07 Å². The minimum absolute atomic E-state index is 0.138. The predicted octanol–water partition coefficient (Wildman–Crippen LogP) is 6.55. The average molecular weight is 527 g/mol. The maximum atomic E-state index is 11.9. The van der Waals surface area contributed by atoms with Gasteiger partial charge < -0.3 is 18.9 Å². The van der Waals surface area contributed by atoms with Crippen molar-refractivity contribution >= 4 is 40.9 Å². The number of esters is 2. The van der Waals surface area contributed by atoms with Gasteiger partial charge in [0, 0.05) is 13.2 Å². The fraction of sp³-hybridized carbons (Fsp3) is 0.577. The Kier molecular flexibility index (Phi) is 11.8. The number of methoxy groups -OCH3 is 2. The summed E-state index contributed by atoms with van der Waals surface area (Å²) in [5.41, 5.74) is 1.53. The molecule has 9 heteroatoms. The fourth-order valence-corrected chi connectivity index (χ4v) is 5.50. The van der Waals surface area contributed by atoms with Crippen LogP contribution < -0.4 is 0 Å². The van der Waals surface area contributed by atoms with Crippen LogP contribution in [-0.4, -0.2) is 45.7 Å². The Bertz CT molecular complexity index is 984. The summed E-state index contributed by atoms with van der Waals surface area (Å²) in [6.45, 7) is 17.2. The van der Waals surface area contributed by atoms with E-state index in [9.17, 15) is 14.4 Å². The lowest BCUT2D eigenvalue weighted by Crippen LogP contribution is -2.15. The Morgan fingerprint density at radius 1 is 0.829 bits per heavy atom. The molecule has 0 aromatic carbocycles. The van der Waals surface area contributed by atoms with Gasteiger partial charge in [-0.2, -0.15) is 0 Å². The van der Waals surface area contributed by atoms with E-state index in [1.165, 1.54) is 36.9 Å². The first-order chi connectivity index (χ1) is 16.2. The highest BCUT2D eigenvalue weighted by Gasteiger charge is 2.28. The predicted molar refractivity (Wildman–Crippen MR) is 140 cm³/mol. The molecule has 7 nitrogen and oxygen atoms in total. The zero-order valence-electron chi connectivity index (χ0n) is 22.4. The molecule has 0 saturated carbocycles. The zero-order chi connectivity index (χ0) is 27.0. The molecule has 0 atom stereocenters. The molecule has 2 aromatic heterocycles. The summed E-state index contributed by atoms with van der Waals surface area (Å²) in [6, 6.07) is 3.75. The summed E-state index contributed by atoms with van der Waals surface area (Å²) in [7, 11) is 2.74. The first-order valence-electron chi connectivity index (χ1n) is 11.4. The summed E-state index contributed by atoms with van der Waals surface area (Å²) in [5.74, 6) is -0.684. The van der Waals surface area contributed by atoms with Gasteiger partial charge in [-0.1, -0.05) is 41.5 Å². The molecule has 0 aliphatic heterocycles. The summed E-state index contributed by atoms with van der Waals surface area (Å²) in [5, 5.41) is 0. The van der Waals surface area contributed by atoms with Crippen LogP contribution >= 0.6 is 22.7 Å². The van der Waals surface area contributed by atoms with E-state index in [4.69, 9.17) is 14.2 Å². The molecule has 35 heavy (non-hydrogen) atoms. The maximum Gasteiger partial charge on any atom is 0.348 e. The van der Waals surface area contributed by atoms with Crippen molar-refractivity contribution in [1.82, 2.24) is 0 Å². The van der Waals surface area contributed by atoms with Crippen molar-refractivity contribution in [1.29, 1.82) is 0 Å². The smallest absolute Gasteiger partial charge is 0.348 e. The molecule has 0 radical (unpaired) electrons. The number of thiophene rings is 2. The number of hydrogen-bond acceptors (Lipinski definition) is 9.